The van der Waals surface area contributed by atoms with Crippen LogP contribution >= 0.6 is 11.6 Å². The maximum Gasteiger partial charge on any atom is 0.320 e. The molecule has 21 heavy (non-hydrogen) atoms. The number of carbonyl (C=O) groups is 1. The molecule has 0 aliphatic rings. The van der Waals surface area contributed by atoms with Crippen LogP contribution in [0, 0.1) is 5.92 Å². The number of nitrogens with one attached hydrogen (secondary N) is 2. The fourth-order valence-electron chi connectivity index (χ4n) is 2.08. The summed E-state index contributed by atoms with van der Waals surface area (Å²) in [6.07, 6.45) is 1.77. The predicted molar refractivity (Wildman–Crippen MR) is 84.4 cm³/mol. The second-order valence-electron chi connectivity index (χ2n) is 5.25. The van der Waals surface area contributed by atoms with E-state index in [1.807, 2.05) is 24.3 Å². The molecular formula is C15H19ClN4O. The van der Waals surface area contributed by atoms with Gasteiger partial charge in [-0.1, -0.05) is 37.6 Å². The maximum absolute atomic E-state index is 12.1. The van der Waals surface area contributed by atoms with Crippen LogP contribution in [0.3, 0.4) is 0 Å². The number of rotatable bonds is 4. The van der Waals surface area contributed by atoms with Crippen molar-refractivity contribution in [3.8, 4) is 0 Å². The molecule has 1 atom stereocenters. The van der Waals surface area contributed by atoms with Gasteiger partial charge in [-0.2, -0.15) is 5.10 Å². The Bertz CT molecular complexity index is 606. The van der Waals surface area contributed by atoms with Crippen molar-refractivity contribution in [2.45, 2.75) is 19.9 Å². The Morgan fingerprint density at radius 1 is 1.24 bits per heavy atom. The minimum atomic E-state index is -0.276. The molecule has 1 heterocycles. The Morgan fingerprint density at radius 2 is 1.90 bits per heavy atom. The molecule has 0 fully saturated rings. The van der Waals surface area contributed by atoms with Crippen molar-refractivity contribution < 1.29 is 4.79 Å². The third-order valence-corrected chi connectivity index (χ3v) is 3.39. The molecule has 112 valence electrons. The first-order valence-corrected chi connectivity index (χ1v) is 7.16. The average Bonchev–Trinajstić information content (AvgIpc) is 2.82. The van der Waals surface area contributed by atoms with Crippen molar-refractivity contribution in [1.29, 1.82) is 0 Å². The lowest BCUT2D eigenvalue weighted by Crippen LogP contribution is -2.35. The summed E-state index contributed by atoms with van der Waals surface area (Å²) in [7, 11) is 1.80. The van der Waals surface area contributed by atoms with Gasteiger partial charge in [-0.05, 0) is 23.6 Å². The van der Waals surface area contributed by atoms with Gasteiger partial charge in [0.1, 0.15) is 0 Å². The van der Waals surface area contributed by atoms with Crippen molar-refractivity contribution >= 4 is 23.4 Å². The van der Waals surface area contributed by atoms with Crippen LogP contribution in [-0.2, 0) is 7.05 Å². The Balaban J connectivity index is 2.05. The molecule has 6 heteroatoms. The van der Waals surface area contributed by atoms with Crippen LogP contribution in [0.15, 0.2) is 36.5 Å². The zero-order valence-electron chi connectivity index (χ0n) is 12.3. The number of urea groups is 1. The smallest absolute Gasteiger partial charge is 0.320 e. The van der Waals surface area contributed by atoms with E-state index >= 15 is 0 Å². The zero-order valence-corrected chi connectivity index (χ0v) is 13.1. The van der Waals surface area contributed by atoms with Gasteiger partial charge < -0.3 is 5.32 Å². The third kappa shape index (κ3) is 4.23. The van der Waals surface area contributed by atoms with Crippen molar-refractivity contribution in [1.82, 2.24) is 15.1 Å². The molecule has 0 aliphatic heterocycles. The van der Waals surface area contributed by atoms with E-state index in [1.165, 1.54) is 0 Å². The van der Waals surface area contributed by atoms with E-state index in [4.69, 9.17) is 11.6 Å². The van der Waals surface area contributed by atoms with E-state index in [1.54, 1.807) is 24.0 Å². The first kappa shape index (κ1) is 15.4. The van der Waals surface area contributed by atoms with Gasteiger partial charge in [-0.15, -0.1) is 0 Å². The van der Waals surface area contributed by atoms with E-state index in [0.717, 1.165) is 5.56 Å². The normalized spacial score (nSPS) is 12.2. The number of carbonyl (C=O) groups excluding carboxylic acids is 1. The molecule has 0 saturated heterocycles. The van der Waals surface area contributed by atoms with Crippen molar-refractivity contribution in [2.24, 2.45) is 13.0 Å². The highest BCUT2D eigenvalue weighted by molar-refractivity contribution is 6.30. The number of halogens is 1. The number of benzene rings is 1. The molecule has 1 aromatic carbocycles. The van der Waals surface area contributed by atoms with E-state index in [-0.39, 0.29) is 18.0 Å². The highest BCUT2D eigenvalue weighted by Crippen LogP contribution is 2.23. The number of hydrogen-bond acceptors (Lipinski definition) is 2. The van der Waals surface area contributed by atoms with Gasteiger partial charge in [0.2, 0.25) is 0 Å². The second-order valence-corrected chi connectivity index (χ2v) is 5.68. The minimum Gasteiger partial charge on any atom is -0.331 e. The fourth-order valence-corrected chi connectivity index (χ4v) is 2.21. The molecule has 2 aromatic rings. The lowest BCUT2D eigenvalue weighted by molar-refractivity contribution is 0.244. The molecule has 0 bridgehead atoms. The van der Waals surface area contributed by atoms with Crippen LogP contribution in [0.2, 0.25) is 5.02 Å². The topological polar surface area (TPSA) is 59.0 Å². The van der Waals surface area contributed by atoms with Crippen molar-refractivity contribution in [3.05, 3.63) is 47.1 Å². The van der Waals surface area contributed by atoms with Gasteiger partial charge in [-0.3, -0.25) is 10.00 Å². The number of anilines is 1. The monoisotopic (exact) mass is 306 g/mol. The van der Waals surface area contributed by atoms with Gasteiger partial charge in [0.15, 0.2) is 5.82 Å². The Labute approximate surface area is 129 Å². The van der Waals surface area contributed by atoms with E-state index < -0.39 is 0 Å². The summed E-state index contributed by atoms with van der Waals surface area (Å²) in [6.45, 7) is 4.11. The molecule has 1 aromatic heterocycles. The summed E-state index contributed by atoms with van der Waals surface area (Å²) in [5.41, 5.74) is 1.02. The predicted octanol–water partition coefficient (Wildman–Crippen LogP) is 3.59. The van der Waals surface area contributed by atoms with Gasteiger partial charge in [0, 0.05) is 24.3 Å². The fraction of sp³-hybridized carbons (Fsp3) is 0.333. The number of nitrogens with zero attached hydrogens (tertiary/aromatic N) is 2. The number of aryl methyl sites for hydroxylation is 1. The largest absolute Gasteiger partial charge is 0.331 e. The molecular weight excluding hydrogens is 288 g/mol. The number of amides is 2. The SMILES string of the molecule is CC(C)C(NC(=O)Nc1ccn(C)n1)c1ccc(Cl)cc1. The summed E-state index contributed by atoms with van der Waals surface area (Å²) in [6, 6.07) is 8.87. The molecule has 0 radical (unpaired) electrons. The summed E-state index contributed by atoms with van der Waals surface area (Å²) in [5, 5.41) is 10.5. The summed E-state index contributed by atoms with van der Waals surface area (Å²) >= 11 is 5.90. The quantitative estimate of drug-likeness (QED) is 0.907. The summed E-state index contributed by atoms with van der Waals surface area (Å²) < 4.78 is 1.63. The van der Waals surface area contributed by atoms with E-state index in [0.29, 0.717) is 10.8 Å². The van der Waals surface area contributed by atoms with Crippen LogP contribution in [0.5, 0.6) is 0 Å². The zero-order chi connectivity index (χ0) is 15.4. The molecule has 5 nitrogen and oxygen atoms in total. The molecule has 0 saturated carbocycles. The molecule has 2 amide bonds. The van der Waals surface area contributed by atoms with Crippen LogP contribution in [-0.4, -0.2) is 15.8 Å². The molecule has 0 spiro atoms. The van der Waals surface area contributed by atoms with Gasteiger partial charge in [0.05, 0.1) is 6.04 Å². The van der Waals surface area contributed by atoms with Gasteiger partial charge in [0.25, 0.3) is 0 Å². The van der Waals surface area contributed by atoms with Crippen molar-refractivity contribution in [3.63, 3.8) is 0 Å². The first-order valence-electron chi connectivity index (χ1n) is 6.78. The Kier molecular flexibility index (Phi) is 4.85. The van der Waals surface area contributed by atoms with Crippen LogP contribution in [0.4, 0.5) is 10.6 Å². The second kappa shape index (κ2) is 6.63. The van der Waals surface area contributed by atoms with E-state index in [9.17, 15) is 4.79 Å². The van der Waals surface area contributed by atoms with Gasteiger partial charge in [-0.25, -0.2) is 4.79 Å². The summed E-state index contributed by atoms with van der Waals surface area (Å²) in [5.74, 6) is 0.772. The average molecular weight is 307 g/mol. The molecule has 2 rings (SSSR count). The Hall–Kier alpha value is -2.01. The lowest BCUT2D eigenvalue weighted by atomic mass is 9.96. The standard InChI is InChI=1S/C15H19ClN4O/c1-10(2)14(11-4-6-12(16)7-5-11)18-15(21)17-13-8-9-20(3)19-13/h4-10,14H,1-3H3,(H2,17,18,19,21). The van der Waals surface area contributed by atoms with Gasteiger partial charge >= 0.3 is 6.03 Å². The highest BCUT2D eigenvalue weighted by atomic mass is 35.5. The Morgan fingerprint density at radius 3 is 2.43 bits per heavy atom. The maximum atomic E-state index is 12.1. The lowest BCUT2D eigenvalue weighted by Gasteiger charge is -2.23. The highest BCUT2D eigenvalue weighted by Gasteiger charge is 2.18. The van der Waals surface area contributed by atoms with Crippen LogP contribution in [0.25, 0.3) is 0 Å². The van der Waals surface area contributed by atoms with Crippen LogP contribution < -0.4 is 10.6 Å². The first-order chi connectivity index (χ1) is 9.95. The summed E-state index contributed by atoms with van der Waals surface area (Å²) in [4.78, 5) is 12.1. The third-order valence-electron chi connectivity index (χ3n) is 3.14. The van der Waals surface area contributed by atoms with Crippen molar-refractivity contribution in [2.75, 3.05) is 5.32 Å². The number of hydrogen-bond donors (Lipinski definition) is 2. The molecule has 0 aliphatic carbocycles. The van der Waals surface area contributed by atoms with E-state index in [2.05, 4.69) is 29.6 Å². The van der Waals surface area contributed by atoms with Crippen LogP contribution in [0.1, 0.15) is 25.5 Å². The molecule has 1 unspecified atom stereocenters. The molecule has 2 N–H and O–H groups in total. The minimum absolute atomic E-state index is 0.0917. The number of aromatic nitrogens is 2.